The van der Waals surface area contributed by atoms with Gasteiger partial charge in [-0.3, -0.25) is 9.88 Å². The van der Waals surface area contributed by atoms with Crippen LogP contribution < -0.4 is 5.73 Å². The standard InChI is InChI=1S/C21H23N3O/c22-20(16-6-2-1-3-7-16)21(24-10-12-25-13-11-24)19-14-17-8-4-5-9-18(17)15-23-19/h1-9,14-15,20-21H,10-13,22H2. The molecule has 4 heteroatoms. The number of hydrogen-bond acceptors (Lipinski definition) is 4. The van der Waals surface area contributed by atoms with Crippen LogP contribution in [0.1, 0.15) is 23.3 Å². The Hall–Kier alpha value is -2.27. The maximum Gasteiger partial charge on any atom is 0.0717 e. The van der Waals surface area contributed by atoms with Gasteiger partial charge in [-0.1, -0.05) is 54.6 Å². The van der Waals surface area contributed by atoms with Crippen molar-refractivity contribution in [3.63, 3.8) is 0 Å². The van der Waals surface area contributed by atoms with E-state index in [9.17, 15) is 0 Å². The van der Waals surface area contributed by atoms with Crippen molar-refractivity contribution in [3.8, 4) is 0 Å². The average Bonchev–Trinajstić information content (AvgIpc) is 2.69. The van der Waals surface area contributed by atoms with E-state index in [1.165, 1.54) is 5.39 Å². The van der Waals surface area contributed by atoms with Crippen LogP contribution in [0.5, 0.6) is 0 Å². The molecule has 0 radical (unpaired) electrons. The maximum absolute atomic E-state index is 6.72. The summed E-state index contributed by atoms with van der Waals surface area (Å²) in [6.07, 6.45) is 1.95. The summed E-state index contributed by atoms with van der Waals surface area (Å²) in [5, 5.41) is 2.35. The van der Waals surface area contributed by atoms with E-state index in [0.29, 0.717) is 0 Å². The summed E-state index contributed by atoms with van der Waals surface area (Å²) in [6.45, 7) is 3.23. The molecule has 0 saturated carbocycles. The molecule has 2 atom stereocenters. The molecular weight excluding hydrogens is 310 g/mol. The van der Waals surface area contributed by atoms with Gasteiger partial charge in [0.05, 0.1) is 31.0 Å². The van der Waals surface area contributed by atoms with Crippen molar-refractivity contribution >= 4 is 10.8 Å². The van der Waals surface area contributed by atoms with Gasteiger partial charge in [0.25, 0.3) is 0 Å². The second-order valence-electron chi connectivity index (χ2n) is 6.49. The minimum absolute atomic E-state index is 0.0379. The lowest BCUT2D eigenvalue weighted by Gasteiger charge is -2.37. The fourth-order valence-corrected chi connectivity index (χ4v) is 3.57. The van der Waals surface area contributed by atoms with E-state index in [1.54, 1.807) is 0 Å². The van der Waals surface area contributed by atoms with Crippen LogP contribution >= 0.6 is 0 Å². The van der Waals surface area contributed by atoms with E-state index in [1.807, 2.05) is 30.5 Å². The third-order valence-corrected chi connectivity index (χ3v) is 4.92. The number of ether oxygens (including phenoxy) is 1. The molecule has 0 aliphatic carbocycles. The molecule has 1 aliphatic rings. The Balaban J connectivity index is 1.75. The van der Waals surface area contributed by atoms with Crippen LogP contribution in [0.25, 0.3) is 10.8 Å². The Bertz CT molecular complexity index is 831. The summed E-state index contributed by atoms with van der Waals surface area (Å²) in [5.74, 6) is 0. The number of nitrogens with two attached hydrogens (primary N) is 1. The monoisotopic (exact) mass is 333 g/mol. The highest BCUT2D eigenvalue weighted by Gasteiger charge is 2.30. The molecule has 25 heavy (non-hydrogen) atoms. The SMILES string of the molecule is NC(c1ccccc1)C(c1cc2ccccc2cn1)N1CCOCC1. The minimum atomic E-state index is -0.132. The molecule has 1 aromatic heterocycles. The number of pyridine rings is 1. The molecule has 0 spiro atoms. The zero-order valence-corrected chi connectivity index (χ0v) is 14.2. The summed E-state index contributed by atoms with van der Waals surface area (Å²) in [7, 11) is 0. The summed E-state index contributed by atoms with van der Waals surface area (Å²) >= 11 is 0. The van der Waals surface area contributed by atoms with Gasteiger partial charge in [0, 0.05) is 24.7 Å². The van der Waals surface area contributed by atoms with Crippen molar-refractivity contribution in [2.45, 2.75) is 12.1 Å². The molecule has 2 heterocycles. The molecular formula is C21H23N3O. The Morgan fingerprint density at radius 2 is 1.60 bits per heavy atom. The highest BCUT2D eigenvalue weighted by Crippen LogP contribution is 2.33. The highest BCUT2D eigenvalue weighted by molar-refractivity contribution is 5.81. The van der Waals surface area contributed by atoms with Crippen molar-refractivity contribution in [2.75, 3.05) is 26.3 Å². The lowest BCUT2D eigenvalue weighted by molar-refractivity contribution is 0.00920. The van der Waals surface area contributed by atoms with Crippen molar-refractivity contribution in [2.24, 2.45) is 5.73 Å². The van der Waals surface area contributed by atoms with Crippen LogP contribution in [0.2, 0.25) is 0 Å². The lowest BCUT2D eigenvalue weighted by atomic mass is 9.94. The van der Waals surface area contributed by atoms with Gasteiger partial charge in [0.1, 0.15) is 0 Å². The lowest BCUT2D eigenvalue weighted by Crippen LogP contribution is -2.43. The molecule has 2 N–H and O–H groups in total. The Morgan fingerprint density at radius 1 is 0.920 bits per heavy atom. The minimum Gasteiger partial charge on any atom is -0.379 e. The van der Waals surface area contributed by atoms with Crippen molar-refractivity contribution in [3.05, 3.63) is 78.1 Å². The van der Waals surface area contributed by atoms with E-state index >= 15 is 0 Å². The first-order chi connectivity index (χ1) is 12.3. The third kappa shape index (κ3) is 3.42. The van der Waals surface area contributed by atoms with Gasteiger partial charge >= 0.3 is 0 Å². The van der Waals surface area contributed by atoms with Crippen LogP contribution in [0.4, 0.5) is 0 Å². The normalized spacial score (nSPS) is 18.1. The van der Waals surface area contributed by atoms with Gasteiger partial charge in [0.2, 0.25) is 0 Å². The van der Waals surface area contributed by atoms with Gasteiger partial charge in [-0.05, 0) is 17.0 Å². The predicted molar refractivity (Wildman–Crippen MR) is 100 cm³/mol. The first-order valence-electron chi connectivity index (χ1n) is 8.80. The zero-order valence-electron chi connectivity index (χ0n) is 14.2. The van der Waals surface area contributed by atoms with Crippen LogP contribution in [-0.2, 0) is 4.74 Å². The van der Waals surface area contributed by atoms with Crippen molar-refractivity contribution < 1.29 is 4.74 Å². The quantitative estimate of drug-likeness (QED) is 0.796. The molecule has 0 amide bonds. The molecule has 4 nitrogen and oxygen atoms in total. The van der Waals surface area contributed by atoms with Gasteiger partial charge in [-0.2, -0.15) is 0 Å². The fraction of sp³-hybridized carbons (Fsp3) is 0.286. The van der Waals surface area contributed by atoms with Crippen LogP contribution in [-0.4, -0.2) is 36.2 Å². The molecule has 1 aliphatic heterocycles. The average molecular weight is 333 g/mol. The summed E-state index contributed by atoms with van der Waals surface area (Å²) < 4.78 is 5.54. The highest BCUT2D eigenvalue weighted by atomic mass is 16.5. The largest absolute Gasteiger partial charge is 0.379 e. The molecule has 128 valence electrons. The van der Waals surface area contributed by atoms with Crippen molar-refractivity contribution in [1.29, 1.82) is 0 Å². The predicted octanol–water partition coefficient (Wildman–Crippen LogP) is 3.31. The molecule has 1 fully saturated rings. The molecule has 4 rings (SSSR count). The van der Waals surface area contributed by atoms with Gasteiger partial charge < -0.3 is 10.5 Å². The van der Waals surface area contributed by atoms with E-state index in [2.05, 4.69) is 41.3 Å². The number of hydrogen-bond donors (Lipinski definition) is 1. The van der Waals surface area contributed by atoms with Gasteiger partial charge in [-0.25, -0.2) is 0 Å². The second kappa shape index (κ2) is 7.31. The van der Waals surface area contributed by atoms with Crippen LogP contribution in [0.15, 0.2) is 66.9 Å². The number of aromatic nitrogens is 1. The zero-order chi connectivity index (χ0) is 17.1. The van der Waals surface area contributed by atoms with E-state index < -0.39 is 0 Å². The summed E-state index contributed by atoms with van der Waals surface area (Å²) in [6, 6.07) is 20.7. The third-order valence-electron chi connectivity index (χ3n) is 4.92. The fourth-order valence-electron chi connectivity index (χ4n) is 3.57. The summed E-state index contributed by atoms with van der Waals surface area (Å²) in [5.41, 5.74) is 8.88. The van der Waals surface area contributed by atoms with E-state index in [-0.39, 0.29) is 12.1 Å². The van der Waals surface area contributed by atoms with Crippen LogP contribution in [0, 0.1) is 0 Å². The van der Waals surface area contributed by atoms with Gasteiger partial charge in [-0.15, -0.1) is 0 Å². The van der Waals surface area contributed by atoms with Crippen molar-refractivity contribution in [1.82, 2.24) is 9.88 Å². The van der Waals surface area contributed by atoms with E-state index in [0.717, 1.165) is 42.9 Å². The molecule has 1 saturated heterocycles. The Labute approximate surface area is 148 Å². The Morgan fingerprint density at radius 3 is 2.36 bits per heavy atom. The van der Waals surface area contributed by atoms with E-state index in [4.69, 9.17) is 15.5 Å². The van der Waals surface area contributed by atoms with Gasteiger partial charge in [0.15, 0.2) is 0 Å². The maximum atomic E-state index is 6.72. The number of morpholine rings is 1. The summed E-state index contributed by atoms with van der Waals surface area (Å²) in [4.78, 5) is 7.17. The number of benzene rings is 2. The second-order valence-corrected chi connectivity index (χ2v) is 6.49. The Kier molecular flexibility index (Phi) is 4.74. The smallest absolute Gasteiger partial charge is 0.0717 e. The first kappa shape index (κ1) is 16.2. The molecule has 2 aromatic carbocycles. The number of rotatable bonds is 4. The molecule has 3 aromatic rings. The van der Waals surface area contributed by atoms with Crippen LogP contribution in [0.3, 0.4) is 0 Å². The number of fused-ring (bicyclic) bond motifs is 1. The molecule has 2 unspecified atom stereocenters. The molecule has 0 bridgehead atoms. The first-order valence-corrected chi connectivity index (χ1v) is 8.80. The topological polar surface area (TPSA) is 51.4 Å². The number of nitrogens with zero attached hydrogens (tertiary/aromatic N) is 2.